The second-order valence-electron chi connectivity index (χ2n) is 2.90. The molecule has 1 amide bonds. The van der Waals surface area contributed by atoms with E-state index in [1.165, 1.54) is 12.8 Å². The Bertz CT molecular complexity index is 207. The molecule has 1 atom stereocenters. The summed E-state index contributed by atoms with van der Waals surface area (Å²) < 4.78 is 0. The van der Waals surface area contributed by atoms with Crippen LogP contribution in [0.2, 0.25) is 0 Å². The van der Waals surface area contributed by atoms with Gasteiger partial charge in [-0.15, -0.1) is 0 Å². The van der Waals surface area contributed by atoms with Crippen LogP contribution in [0, 0.1) is 0 Å². The Labute approximate surface area is 60.5 Å². The molecule has 0 aliphatic carbocycles. The van der Waals surface area contributed by atoms with Crippen LogP contribution >= 0.6 is 0 Å². The summed E-state index contributed by atoms with van der Waals surface area (Å²) in [6.07, 6.45) is 4.33. The molecule has 2 heterocycles. The van der Waals surface area contributed by atoms with E-state index >= 15 is 0 Å². The van der Waals surface area contributed by atoms with Crippen LogP contribution in [-0.4, -0.2) is 23.4 Å². The highest BCUT2D eigenvalue weighted by atomic mass is 16.2. The number of fused-ring (bicyclic) bond motifs is 1. The summed E-state index contributed by atoms with van der Waals surface area (Å²) >= 11 is 0. The minimum atomic E-state index is 0.269. The fraction of sp³-hybridized carbons (Fsp3) is 0.625. The SMILES string of the molecule is CC=C1C(=O)N2CCC[C@H]12. The molecular formula is C8H11NO. The van der Waals surface area contributed by atoms with Gasteiger partial charge in [-0.25, -0.2) is 0 Å². The molecule has 0 aromatic rings. The molecule has 0 N–H and O–H groups in total. The summed E-state index contributed by atoms with van der Waals surface area (Å²) in [5.41, 5.74) is 1.04. The molecule has 0 bridgehead atoms. The first kappa shape index (κ1) is 5.96. The molecule has 2 nitrogen and oxygen atoms in total. The average molecular weight is 137 g/mol. The van der Waals surface area contributed by atoms with Gasteiger partial charge in [0.15, 0.2) is 0 Å². The minimum absolute atomic E-state index is 0.269. The number of β-lactam (4-membered cyclic amide) rings is 1. The summed E-state index contributed by atoms with van der Waals surface area (Å²) in [7, 11) is 0. The zero-order valence-corrected chi connectivity index (χ0v) is 6.13. The largest absolute Gasteiger partial charge is 0.332 e. The van der Waals surface area contributed by atoms with Gasteiger partial charge in [0.2, 0.25) is 0 Å². The summed E-state index contributed by atoms with van der Waals surface area (Å²) in [6.45, 7) is 2.93. The van der Waals surface area contributed by atoms with E-state index in [4.69, 9.17) is 0 Å². The molecule has 0 unspecified atom stereocenters. The van der Waals surface area contributed by atoms with Crippen LogP contribution in [0.25, 0.3) is 0 Å². The van der Waals surface area contributed by atoms with E-state index in [9.17, 15) is 4.79 Å². The number of carbonyl (C=O) groups excluding carboxylic acids is 1. The van der Waals surface area contributed by atoms with Gasteiger partial charge in [0.25, 0.3) is 5.91 Å². The topological polar surface area (TPSA) is 20.3 Å². The normalized spacial score (nSPS) is 34.5. The van der Waals surface area contributed by atoms with Gasteiger partial charge in [-0.1, -0.05) is 6.08 Å². The number of carbonyl (C=O) groups is 1. The van der Waals surface area contributed by atoms with Gasteiger partial charge in [-0.2, -0.15) is 0 Å². The maximum atomic E-state index is 11.1. The lowest BCUT2D eigenvalue weighted by atomic mass is 9.96. The molecule has 2 aliphatic heterocycles. The highest BCUT2D eigenvalue weighted by Gasteiger charge is 2.43. The summed E-state index contributed by atoms with van der Waals surface area (Å²) in [4.78, 5) is 13.1. The molecule has 2 aliphatic rings. The van der Waals surface area contributed by atoms with Gasteiger partial charge in [-0.3, -0.25) is 4.79 Å². The van der Waals surface area contributed by atoms with E-state index in [0.29, 0.717) is 6.04 Å². The molecule has 0 aromatic carbocycles. The molecule has 0 saturated carbocycles. The van der Waals surface area contributed by atoms with E-state index < -0.39 is 0 Å². The Hall–Kier alpha value is -0.790. The number of rotatable bonds is 0. The van der Waals surface area contributed by atoms with Crippen molar-refractivity contribution in [1.29, 1.82) is 0 Å². The van der Waals surface area contributed by atoms with E-state index in [2.05, 4.69) is 0 Å². The number of hydrogen-bond donors (Lipinski definition) is 0. The van der Waals surface area contributed by atoms with Crippen LogP contribution in [0.1, 0.15) is 19.8 Å². The fourth-order valence-corrected chi connectivity index (χ4v) is 1.89. The van der Waals surface area contributed by atoms with Crippen molar-refractivity contribution >= 4 is 5.91 Å². The molecule has 0 spiro atoms. The van der Waals surface area contributed by atoms with E-state index in [-0.39, 0.29) is 5.91 Å². The molecule has 10 heavy (non-hydrogen) atoms. The molecule has 2 fully saturated rings. The average Bonchev–Trinajstić information content (AvgIpc) is 2.33. The standard InChI is InChI=1S/C8H11NO/c1-2-6-7-4-3-5-9(7)8(6)10/h2,7H,3-5H2,1H3/t7-/m1/s1. The summed E-state index contributed by atoms with van der Waals surface area (Å²) in [5, 5.41) is 0. The van der Waals surface area contributed by atoms with Crippen LogP contribution < -0.4 is 0 Å². The van der Waals surface area contributed by atoms with Crippen LogP contribution in [0.15, 0.2) is 11.6 Å². The highest BCUT2D eigenvalue weighted by molar-refractivity contribution is 6.02. The Balaban J connectivity index is 2.23. The monoisotopic (exact) mass is 137 g/mol. The number of nitrogens with zero attached hydrogens (tertiary/aromatic N) is 1. The Morgan fingerprint density at radius 3 is 3.20 bits per heavy atom. The second-order valence-corrected chi connectivity index (χ2v) is 2.90. The summed E-state index contributed by atoms with van der Waals surface area (Å²) in [6, 6.07) is 0.498. The highest BCUT2D eigenvalue weighted by Crippen LogP contribution is 2.34. The van der Waals surface area contributed by atoms with Crippen molar-refractivity contribution in [3.63, 3.8) is 0 Å². The van der Waals surface area contributed by atoms with Crippen molar-refractivity contribution in [3.8, 4) is 0 Å². The third-order valence-corrected chi connectivity index (χ3v) is 2.43. The van der Waals surface area contributed by atoms with Gasteiger partial charge in [0.1, 0.15) is 0 Å². The zero-order valence-electron chi connectivity index (χ0n) is 6.13. The first-order chi connectivity index (χ1) is 4.84. The van der Waals surface area contributed by atoms with E-state index in [0.717, 1.165) is 12.1 Å². The number of hydrogen-bond acceptors (Lipinski definition) is 1. The van der Waals surface area contributed by atoms with Crippen molar-refractivity contribution in [3.05, 3.63) is 11.6 Å². The van der Waals surface area contributed by atoms with Crippen molar-refractivity contribution in [2.45, 2.75) is 25.8 Å². The van der Waals surface area contributed by atoms with Crippen LogP contribution in [0.3, 0.4) is 0 Å². The summed E-state index contributed by atoms with van der Waals surface area (Å²) in [5.74, 6) is 0.269. The lowest BCUT2D eigenvalue weighted by Crippen LogP contribution is -2.50. The second kappa shape index (κ2) is 1.84. The molecule has 2 saturated heterocycles. The number of allylic oxidation sites excluding steroid dienone is 1. The van der Waals surface area contributed by atoms with Gasteiger partial charge < -0.3 is 4.90 Å². The van der Waals surface area contributed by atoms with Crippen LogP contribution in [-0.2, 0) is 4.79 Å². The van der Waals surface area contributed by atoms with Gasteiger partial charge in [-0.05, 0) is 19.8 Å². The third kappa shape index (κ3) is 0.516. The van der Waals surface area contributed by atoms with Crippen molar-refractivity contribution < 1.29 is 4.79 Å². The lowest BCUT2D eigenvalue weighted by Gasteiger charge is -2.37. The Morgan fingerprint density at radius 1 is 1.70 bits per heavy atom. The zero-order chi connectivity index (χ0) is 7.14. The molecule has 2 heteroatoms. The maximum absolute atomic E-state index is 11.1. The van der Waals surface area contributed by atoms with E-state index in [1.54, 1.807) is 0 Å². The van der Waals surface area contributed by atoms with E-state index in [1.807, 2.05) is 17.9 Å². The van der Waals surface area contributed by atoms with Crippen molar-refractivity contribution in [2.75, 3.05) is 6.54 Å². The van der Waals surface area contributed by atoms with Crippen LogP contribution in [0.4, 0.5) is 0 Å². The Morgan fingerprint density at radius 2 is 2.50 bits per heavy atom. The molecular weight excluding hydrogens is 126 g/mol. The van der Waals surface area contributed by atoms with Crippen molar-refractivity contribution in [1.82, 2.24) is 4.90 Å². The van der Waals surface area contributed by atoms with Gasteiger partial charge in [0.05, 0.1) is 6.04 Å². The van der Waals surface area contributed by atoms with Crippen molar-refractivity contribution in [2.24, 2.45) is 0 Å². The quantitative estimate of drug-likeness (QED) is 0.359. The predicted octanol–water partition coefficient (Wildman–Crippen LogP) is 0.937. The first-order valence-electron chi connectivity index (χ1n) is 3.82. The smallest absolute Gasteiger partial charge is 0.252 e. The molecule has 54 valence electrons. The molecule has 2 rings (SSSR count). The minimum Gasteiger partial charge on any atom is -0.332 e. The fourth-order valence-electron chi connectivity index (χ4n) is 1.89. The molecule has 0 radical (unpaired) electrons. The van der Waals surface area contributed by atoms with Crippen LogP contribution in [0.5, 0.6) is 0 Å². The first-order valence-corrected chi connectivity index (χ1v) is 3.82. The number of amides is 1. The third-order valence-electron chi connectivity index (χ3n) is 2.43. The molecule has 0 aromatic heterocycles. The predicted molar refractivity (Wildman–Crippen MR) is 38.5 cm³/mol. The Kier molecular flexibility index (Phi) is 1.10. The van der Waals surface area contributed by atoms with Gasteiger partial charge in [0, 0.05) is 12.1 Å². The lowest BCUT2D eigenvalue weighted by molar-refractivity contribution is -0.134. The maximum Gasteiger partial charge on any atom is 0.252 e. The van der Waals surface area contributed by atoms with Gasteiger partial charge >= 0.3 is 0 Å².